The van der Waals surface area contributed by atoms with E-state index >= 15 is 0 Å². The summed E-state index contributed by atoms with van der Waals surface area (Å²) >= 11 is 0. The van der Waals surface area contributed by atoms with Crippen LogP contribution in [0.3, 0.4) is 0 Å². The van der Waals surface area contributed by atoms with Gasteiger partial charge in [0.2, 0.25) is 0 Å². The molecule has 0 aliphatic heterocycles. The van der Waals surface area contributed by atoms with Crippen molar-refractivity contribution in [1.29, 1.82) is 0 Å². The number of benzene rings is 1. The number of amides is 1. The lowest BCUT2D eigenvalue weighted by atomic mass is 9.84. The number of hydrogen-bond donors (Lipinski definition) is 0. The Hall–Kier alpha value is -1.84. The largest absolute Gasteiger partial charge is 0.444 e. The van der Waals surface area contributed by atoms with E-state index in [4.69, 9.17) is 4.74 Å². The molecule has 0 saturated carbocycles. The Labute approximate surface area is 146 Å². The summed E-state index contributed by atoms with van der Waals surface area (Å²) in [5, 5.41) is 0. The van der Waals surface area contributed by atoms with E-state index in [-0.39, 0.29) is 17.3 Å². The van der Waals surface area contributed by atoms with Crippen LogP contribution in [0.4, 0.5) is 4.79 Å². The minimum absolute atomic E-state index is 0.173. The van der Waals surface area contributed by atoms with E-state index in [1.165, 1.54) is 0 Å². The van der Waals surface area contributed by atoms with E-state index in [0.717, 1.165) is 12.0 Å². The van der Waals surface area contributed by atoms with Crippen LogP contribution in [0.1, 0.15) is 59.9 Å². The highest BCUT2D eigenvalue weighted by Crippen LogP contribution is 2.23. The minimum atomic E-state index is -0.557. The van der Waals surface area contributed by atoms with Crippen LogP contribution in [0.2, 0.25) is 0 Å². The van der Waals surface area contributed by atoms with Gasteiger partial charge in [0.05, 0.1) is 0 Å². The van der Waals surface area contributed by atoms with Crippen molar-refractivity contribution in [3.05, 3.63) is 35.9 Å². The van der Waals surface area contributed by atoms with Gasteiger partial charge in [0, 0.05) is 24.9 Å². The first-order valence-electron chi connectivity index (χ1n) is 8.60. The number of nitrogens with zero attached hydrogens (tertiary/aromatic N) is 1. The first kappa shape index (κ1) is 20.2. The second-order valence-electron chi connectivity index (χ2n) is 7.80. The number of hydrogen-bond acceptors (Lipinski definition) is 3. The molecule has 0 atom stereocenters. The molecule has 0 heterocycles. The fourth-order valence-corrected chi connectivity index (χ4v) is 2.14. The summed E-state index contributed by atoms with van der Waals surface area (Å²) in [5.41, 5.74) is 0.107. The first-order valence-corrected chi connectivity index (χ1v) is 8.60. The molecule has 0 spiro atoms. The third-order valence-corrected chi connectivity index (χ3v) is 4.12. The van der Waals surface area contributed by atoms with Crippen molar-refractivity contribution < 1.29 is 14.3 Å². The predicted octanol–water partition coefficient (Wildman–Crippen LogP) is 4.82. The van der Waals surface area contributed by atoms with Gasteiger partial charge >= 0.3 is 6.09 Å². The number of rotatable bonds is 7. The lowest BCUT2D eigenvalue weighted by Gasteiger charge is -2.28. The van der Waals surface area contributed by atoms with E-state index in [2.05, 4.69) is 0 Å². The molecular formula is C20H31NO3. The van der Waals surface area contributed by atoms with E-state index < -0.39 is 5.60 Å². The van der Waals surface area contributed by atoms with E-state index in [0.29, 0.717) is 19.5 Å². The van der Waals surface area contributed by atoms with Crippen molar-refractivity contribution in [3.8, 4) is 0 Å². The highest BCUT2D eigenvalue weighted by Gasteiger charge is 2.27. The van der Waals surface area contributed by atoms with Crippen molar-refractivity contribution >= 4 is 11.9 Å². The Bertz CT molecular complexity index is 544. The maximum Gasteiger partial charge on any atom is 0.410 e. The third kappa shape index (κ3) is 6.73. The number of ketones is 1. The van der Waals surface area contributed by atoms with Crippen LogP contribution < -0.4 is 0 Å². The average molecular weight is 333 g/mol. The van der Waals surface area contributed by atoms with Crippen molar-refractivity contribution in [2.24, 2.45) is 5.41 Å². The Morgan fingerprint density at radius 1 is 1.04 bits per heavy atom. The summed E-state index contributed by atoms with van der Waals surface area (Å²) in [6.45, 7) is 12.2. The molecule has 0 aliphatic carbocycles. The monoisotopic (exact) mass is 333 g/mol. The second-order valence-corrected chi connectivity index (χ2v) is 7.80. The molecule has 0 saturated heterocycles. The van der Waals surface area contributed by atoms with Gasteiger partial charge < -0.3 is 9.64 Å². The number of Topliss-reactive ketones (excluding diaryl/α,β-unsaturated/α-hetero) is 1. The molecule has 0 aromatic heterocycles. The quantitative estimate of drug-likeness (QED) is 0.719. The zero-order valence-electron chi connectivity index (χ0n) is 15.9. The summed E-state index contributed by atoms with van der Waals surface area (Å²) in [6, 6.07) is 9.75. The summed E-state index contributed by atoms with van der Waals surface area (Å²) in [4.78, 5) is 26.5. The lowest BCUT2D eigenvalue weighted by molar-refractivity contribution is -0.127. The van der Waals surface area contributed by atoms with E-state index in [9.17, 15) is 9.59 Å². The SMILES string of the molecule is CCC(C)(C)C(=O)CCN(Cc1ccccc1)C(=O)OC(C)(C)C. The zero-order chi connectivity index (χ0) is 18.4. The highest BCUT2D eigenvalue weighted by molar-refractivity contribution is 5.84. The van der Waals surface area contributed by atoms with Crippen LogP contribution in [-0.2, 0) is 16.1 Å². The van der Waals surface area contributed by atoms with Crippen LogP contribution >= 0.6 is 0 Å². The van der Waals surface area contributed by atoms with Gasteiger partial charge in [-0.05, 0) is 32.8 Å². The topological polar surface area (TPSA) is 46.6 Å². The van der Waals surface area contributed by atoms with Gasteiger partial charge in [-0.1, -0.05) is 51.1 Å². The van der Waals surface area contributed by atoms with Gasteiger partial charge in [-0.25, -0.2) is 4.79 Å². The molecule has 0 unspecified atom stereocenters. The molecule has 1 aromatic rings. The standard InChI is InChI=1S/C20H31NO3/c1-7-20(5,6)17(22)13-14-21(18(23)24-19(2,3)4)15-16-11-9-8-10-12-16/h8-12H,7,13-15H2,1-6H3. The Morgan fingerprint density at radius 3 is 2.12 bits per heavy atom. The molecule has 1 aromatic carbocycles. The summed E-state index contributed by atoms with van der Waals surface area (Å²) in [5.74, 6) is 0.173. The Balaban J connectivity index is 2.81. The van der Waals surface area contributed by atoms with Gasteiger partial charge in [-0.3, -0.25) is 4.79 Å². The molecule has 0 bridgehead atoms. The van der Waals surface area contributed by atoms with Crippen LogP contribution in [0.25, 0.3) is 0 Å². The van der Waals surface area contributed by atoms with Gasteiger partial charge in [0.25, 0.3) is 0 Å². The Morgan fingerprint density at radius 2 is 1.62 bits per heavy atom. The number of carbonyl (C=O) groups excluding carboxylic acids is 2. The predicted molar refractivity (Wildman–Crippen MR) is 96.8 cm³/mol. The number of ether oxygens (including phenoxy) is 1. The summed E-state index contributed by atoms with van der Waals surface area (Å²) in [6.07, 6.45) is 0.748. The fourth-order valence-electron chi connectivity index (χ4n) is 2.14. The first-order chi connectivity index (χ1) is 11.0. The molecule has 1 rings (SSSR count). The van der Waals surface area contributed by atoms with E-state index in [1.54, 1.807) is 4.90 Å². The molecule has 0 radical (unpaired) electrons. The zero-order valence-corrected chi connectivity index (χ0v) is 15.9. The van der Waals surface area contributed by atoms with Crippen LogP contribution in [0.15, 0.2) is 30.3 Å². The highest BCUT2D eigenvalue weighted by atomic mass is 16.6. The molecule has 0 fully saturated rings. The smallest absolute Gasteiger partial charge is 0.410 e. The van der Waals surface area contributed by atoms with Crippen molar-refractivity contribution in [2.45, 2.75) is 66.5 Å². The molecule has 0 aliphatic rings. The van der Waals surface area contributed by atoms with Gasteiger partial charge in [-0.2, -0.15) is 0 Å². The van der Waals surface area contributed by atoms with Crippen LogP contribution in [-0.4, -0.2) is 28.9 Å². The fraction of sp³-hybridized carbons (Fsp3) is 0.600. The lowest BCUT2D eigenvalue weighted by Crippen LogP contribution is -2.38. The van der Waals surface area contributed by atoms with Crippen molar-refractivity contribution in [1.82, 2.24) is 4.90 Å². The summed E-state index contributed by atoms with van der Waals surface area (Å²) < 4.78 is 5.49. The molecule has 134 valence electrons. The van der Waals surface area contributed by atoms with Gasteiger partial charge in [0.1, 0.15) is 11.4 Å². The molecule has 24 heavy (non-hydrogen) atoms. The normalized spacial score (nSPS) is 11.9. The maximum absolute atomic E-state index is 12.5. The molecule has 1 amide bonds. The second kappa shape index (κ2) is 8.32. The van der Waals surface area contributed by atoms with Crippen LogP contribution in [0, 0.1) is 5.41 Å². The van der Waals surface area contributed by atoms with Crippen molar-refractivity contribution in [3.63, 3.8) is 0 Å². The van der Waals surface area contributed by atoms with Gasteiger partial charge in [-0.15, -0.1) is 0 Å². The van der Waals surface area contributed by atoms with Crippen molar-refractivity contribution in [2.75, 3.05) is 6.54 Å². The molecule has 0 N–H and O–H groups in total. The Kier molecular flexibility index (Phi) is 7.00. The van der Waals surface area contributed by atoms with Gasteiger partial charge in [0.15, 0.2) is 0 Å². The summed E-state index contributed by atoms with van der Waals surface area (Å²) in [7, 11) is 0. The number of carbonyl (C=O) groups is 2. The third-order valence-electron chi connectivity index (χ3n) is 4.12. The van der Waals surface area contributed by atoms with Crippen LogP contribution in [0.5, 0.6) is 0 Å². The molecule has 4 nitrogen and oxygen atoms in total. The maximum atomic E-state index is 12.5. The van der Waals surface area contributed by atoms with E-state index in [1.807, 2.05) is 71.9 Å². The molecule has 4 heteroatoms. The average Bonchev–Trinajstić information content (AvgIpc) is 2.50. The minimum Gasteiger partial charge on any atom is -0.444 e. The molecular weight excluding hydrogens is 302 g/mol.